The van der Waals surface area contributed by atoms with Crippen LogP contribution in [0.2, 0.25) is 0 Å². The Morgan fingerprint density at radius 1 is 1.12 bits per heavy atom. The number of carbonyl (C=O) groups excluding carboxylic acids is 2. The fourth-order valence-corrected chi connectivity index (χ4v) is 3.20. The first-order valence-electron chi connectivity index (χ1n) is 9.85. The molecule has 3 rings (SSSR count). The molecular formula is C24H21F3N4O3. The monoisotopic (exact) mass is 470 g/mol. The molecule has 0 atom stereocenters. The molecule has 0 spiro atoms. The van der Waals surface area contributed by atoms with Crippen molar-refractivity contribution in [2.45, 2.75) is 6.18 Å². The van der Waals surface area contributed by atoms with E-state index in [0.717, 1.165) is 12.1 Å². The number of nitrogens with two attached hydrogens (primary N) is 1. The van der Waals surface area contributed by atoms with Crippen LogP contribution in [0.15, 0.2) is 67.5 Å². The number of hydrogen-bond acceptors (Lipinski definition) is 6. The van der Waals surface area contributed by atoms with Crippen molar-refractivity contribution in [3.05, 3.63) is 89.8 Å². The van der Waals surface area contributed by atoms with E-state index in [1.807, 2.05) is 0 Å². The maximum atomic E-state index is 13.5. The minimum atomic E-state index is -4.68. The zero-order valence-electron chi connectivity index (χ0n) is 18.3. The second-order valence-corrected chi connectivity index (χ2v) is 7.33. The summed E-state index contributed by atoms with van der Waals surface area (Å²) < 4.78 is 45.2. The maximum Gasteiger partial charge on any atom is 0.416 e. The molecule has 0 bridgehead atoms. The van der Waals surface area contributed by atoms with Crippen LogP contribution < -0.4 is 11.2 Å². The molecule has 7 nitrogen and oxygen atoms in total. The van der Waals surface area contributed by atoms with E-state index in [0.29, 0.717) is 22.2 Å². The van der Waals surface area contributed by atoms with Gasteiger partial charge in [-0.05, 0) is 53.6 Å². The van der Waals surface area contributed by atoms with Gasteiger partial charge < -0.3 is 15.1 Å². The van der Waals surface area contributed by atoms with Gasteiger partial charge in [0.1, 0.15) is 0 Å². The Bertz CT molecular complexity index is 1300. The molecular weight excluding hydrogens is 449 g/mol. The lowest BCUT2D eigenvalue weighted by molar-refractivity contribution is -0.137. The van der Waals surface area contributed by atoms with Crippen molar-refractivity contribution in [3.63, 3.8) is 0 Å². The van der Waals surface area contributed by atoms with Crippen molar-refractivity contribution >= 4 is 34.0 Å². The van der Waals surface area contributed by atoms with E-state index in [1.54, 1.807) is 18.2 Å². The highest BCUT2D eigenvalue weighted by Crippen LogP contribution is 2.33. The number of amides is 1. The second kappa shape index (κ2) is 9.75. The lowest BCUT2D eigenvalue weighted by Gasteiger charge is -2.15. The molecule has 1 heterocycles. The van der Waals surface area contributed by atoms with Gasteiger partial charge in [-0.2, -0.15) is 13.2 Å². The van der Waals surface area contributed by atoms with Gasteiger partial charge in [0, 0.05) is 36.1 Å². The van der Waals surface area contributed by atoms with Gasteiger partial charge in [-0.15, -0.1) is 0 Å². The minimum absolute atomic E-state index is 0.123. The SMILES string of the molecule is C=CC(=CN(C)N)c1cc(C(=O)Nc2ccc3ncc(C(=O)OC)cc3c2)cc(C(F)(F)F)c1. The number of anilines is 1. The van der Waals surface area contributed by atoms with Gasteiger partial charge in [-0.25, -0.2) is 10.6 Å². The number of hydrazine groups is 1. The Hall–Kier alpha value is -4.18. The Kier molecular flexibility index (Phi) is 7.02. The first-order chi connectivity index (χ1) is 16.0. The minimum Gasteiger partial charge on any atom is -0.465 e. The summed E-state index contributed by atoms with van der Waals surface area (Å²) in [5, 5.41) is 4.29. The van der Waals surface area contributed by atoms with Gasteiger partial charge >= 0.3 is 12.1 Å². The molecule has 10 heteroatoms. The number of carbonyl (C=O) groups is 2. The quantitative estimate of drug-likeness (QED) is 0.236. The van der Waals surface area contributed by atoms with E-state index in [4.69, 9.17) is 5.84 Å². The standard InChI is InChI=1S/C24H21F3N4O3/c1-4-14(13-31(2)28)15-7-17(10-19(9-15)24(25,26)27)22(32)30-20-5-6-21-16(11-20)8-18(12-29-21)23(33)34-3/h4-13H,1,28H2,2-3H3,(H,30,32). The Labute approximate surface area is 193 Å². The molecule has 176 valence electrons. The van der Waals surface area contributed by atoms with Crippen molar-refractivity contribution in [2.24, 2.45) is 5.84 Å². The largest absolute Gasteiger partial charge is 0.465 e. The summed E-state index contributed by atoms with van der Waals surface area (Å²) in [5.41, 5.74) is 0.302. The van der Waals surface area contributed by atoms with Crippen molar-refractivity contribution < 1.29 is 27.5 Å². The molecule has 2 aromatic carbocycles. The smallest absolute Gasteiger partial charge is 0.416 e. The molecule has 0 saturated carbocycles. The summed E-state index contributed by atoms with van der Waals surface area (Å²) in [6.45, 7) is 3.61. The van der Waals surface area contributed by atoms with Crippen molar-refractivity contribution in [1.82, 2.24) is 9.99 Å². The summed E-state index contributed by atoms with van der Waals surface area (Å²) in [4.78, 5) is 28.8. The number of benzene rings is 2. The highest BCUT2D eigenvalue weighted by molar-refractivity contribution is 6.06. The number of ether oxygens (including phenoxy) is 1. The zero-order valence-corrected chi connectivity index (χ0v) is 18.3. The molecule has 1 aromatic heterocycles. The predicted molar refractivity (Wildman–Crippen MR) is 123 cm³/mol. The number of fused-ring (bicyclic) bond motifs is 1. The molecule has 34 heavy (non-hydrogen) atoms. The number of hydrogen-bond donors (Lipinski definition) is 2. The molecule has 0 radical (unpaired) electrons. The summed E-state index contributed by atoms with van der Waals surface area (Å²) in [7, 11) is 2.75. The number of rotatable bonds is 6. The Balaban J connectivity index is 2.00. The highest BCUT2D eigenvalue weighted by atomic mass is 19.4. The summed E-state index contributed by atoms with van der Waals surface area (Å²) in [5.74, 6) is 4.26. The van der Waals surface area contributed by atoms with Crippen molar-refractivity contribution in [2.75, 3.05) is 19.5 Å². The number of nitrogens with zero attached hydrogens (tertiary/aromatic N) is 2. The van der Waals surface area contributed by atoms with Crippen LogP contribution in [-0.4, -0.2) is 36.0 Å². The van der Waals surface area contributed by atoms with Crippen LogP contribution >= 0.6 is 0 Å². The van der Waals surface area contributed by atoms with Gasteiger partial charge in [-0.3, -0.25) is 9.78 Å². The molecule has 0 aliphatic rings. The summed E-state index contributed by atoms with van der Waals surface area (Å²) in [6, 6.07) is 9.26. The predicted octanol–water partition coefficient (Wildman–Crippen LogP) is 4.62. The third-order valence-electron chi connectivity index (χ3n) is 4.78. The number of esters is 1. The van der Waals surface area contributed by atoms with Crippen LogP contribution in [0.1, 0.15) is 31.8 Å². The average molecular weight is 470 g/mol. The number of allylic oxidation sites excluding steroid dienone is 2. The number of aromatic nitrogens is 1. The third-order valence-corrected chi connectivity index (χ3v) is 4.78. The molecule has 0 unspecified atom stereocenters. The number of nitrogens with one attached hydrogen (secondary N) is 1. The highest BCUT2D eigenvalue weighted by Gasteiger charge is 2.32. The fourth-order valence-electron chi connectivity index (χ4n) is 3.20. The van der Waals surface area contributed by atoms with Crippen LogP contribution in [-0.2, 0) is 10.9 Å². The van der Waals surface area contributed by atoms with Crippen LogP contribution in [0.3, 0.4) is 0 Å². The molecule has 3 N–H and O–H groups in total. The number of alkyl halides is 3. The number of pyridine rings is 1. The van der Waals surface area contributed by atoms with Gasteiger partial charge in [0.05, 0.1) is 23.8 Å². The van der Waals surface area contributed by atoms with E-state index in [-0.39, 0.29) is 16.7 Å². The van der Waals surface area contributed by atoms with Crippen molar-refractivity contribution in [1.29, 1.82) is 0 Å². The van der Waals surface area contributed by atoms with Gasteiger partial charge in [0.25, 0.3) is 5.91 Å². The number of methoxy groups -OCH3 is 1. The normalized spacial score (nSPS) is 11.8. The van der Waals surface area contributed by atoms with Crippen LogP contribution in [0.5, 0.6) is 0 Å². The molecule has 1 amide bonds. The average Bonchev–Trinajstić information content (AvgIpc) is 2.80. The van der Waals surface area contributed by atoms with Gasteiger partial charge in [-0.1, -0.05) is 12.7 Å². The lowest BCUT2D eigenvalue weighted by atomic mass is 9.99. The topological polar surface area (TPSA) is 97.5 Å². The lowest BCUT2D eigenvalue weighted by Crippen LogP contribution is -2.19. The molecule has 0 aliphatic carbocycles. The van der Waals surface area contributed by atoms with E-state index in [9.17, 15) is 22.8 Å². The summed E-state index contributed by atoms with van der Waals surface area (Å²) in [6.07, 6.45) is -0.583. The Morgan fingerprint density at radius 2 is 1.82 bits per heavy atom. The first kappa shape index (κ1) is 24.5. The first-order valence-corrected chi connectivity index (χ1v) is 9.85. The van der Waals surface area contributed by atoms with E-state index < -0.39 is 23.6 Å². The van der Waals surface area contributed by atoms with Gasteiger partial charge in [0.15, 0.2) is 0 Å². The molecule has 0 saturated heterocycles. The third kappa shape index (κ3) is 5.59. The van der Waals surface area contributed by atoms with E-state index >= 15 is 0 Å². The van der Waals surface area contributed by atoms with E-state index in [1.165, 1.54) is 49.8 Å². The molecule has 0 fully saturated rings. The second-order valence-electron chi connectivity index (χ2n) is 7.33. The van der Waals surface area contributed by atoms with E-state index in [2.05, 4.69) is 21.6 Å². The number of halogens is 3. The Morgan fingerprint density at radius 3 is 2.44 bits per heavy atom. The van der Waals surface area contributed by atoms with Crippen LogP contribution in [0.25, 0.3) is 16.5 Å². The molecule has 0 aliphatic heterocycles. The van der Waals surface area contributed by atoms with Crippen molar-refractivity contribution in [3.8, 4) is 0 Å². The van der Waals surface area contributed by atoms with Gasteiger partial charge in [0.2, 0.25) is 0 Å². The summed E-state index contributed by atoms with van der Waals surface area (Å²) >= 11 is 0. The fraction of sp³-hybridized carbons (Fsp3) is 0.125. The van der Waals surface area contributed by atoms with Crippen LogP contribution in [0.4, 0.5) is 18.9 Å². The maximum absolute atomic E-state index is 13.5. The zero-order chi connectivity index (χ0) is 25.0. The van der Waals surface area contributed by atoms with Crippen LogP contribution in [0, 0.1) is 0 Å². The molecule has 3 aromatic rings.